The van der Waals surface area contributed by atoms with E-state index in [9.17, 15) is 9.59 Å². The molecule has 1 aliphatic heterocycles. The van der Waals surface area contributed by atoms with Gasteiger partial charge in [-0.1, -0.05) is 42.5 Å². The summed E-state index contributed by atoms with van der Waals surface area (Å²) >= 11 is 0. The molecule has 1 amide bonds. The van der Waals surface area contributed by atoms with Crippen LogP contribution in [0.5, 0.6) is 0 Å². The SMILES string of the molecule is C/C=C/[C@@H]1CCC[C@H](CC=O)N1C(=O)OCc1ccccc1. The lowest BCUT2D eigenvalue weighted by atomic mass is 9.94. The van der Waals surface area contributed by atoms with Crippen molar-refractivity contribution in [2.24, 2.45) is 0 Å². The molecule has 22 heavy (non-hydrogen) atoms. The van der Waals surface area contributed by atoms with E-state index >= 15 is 0 Å². The molecule has 0 unspecified atom stereocenters. The third kappa shape index (κ3) is 4.20. The Balaban J connectivity index is 2.05. The summed E-state index contributed by atoms with van der Waals surface area (Å²) in [6.45, 7) is 2.20. The first kappa shape index (κ1) is 16.3. The molecule has 0 saturated carbocycles. The van der Waals surface area contributed by atoms with Gasteiger partial charge in [-0.2, -0.15) is 0 Å². The predicted octanol–water partition coefficient (Wildman–Crippen LogP) is 3.71. The Bertz CT molecular complexity index is 512. The van der Waals surface area contributed by atoms with Crippen LogP contribution in [0.15, 0.2) is 42.5 Å². The van der Waals surface area contributed by atoms with Gasteiger partial charge in [-0.15, -0.1) is 0 Å². The fourth-order valence-corrected chi connectivity index (χ4v) is 2.94. The van der Waals surface area contributed by atoms with E-state index < -0.39 is 0 Å². The van der Waals surface area contributed by atoms with Gasteiger partial charge in [0.2, 0.25) is 0 Å². The van der Waals surface area contributed by atoms with Crippen molar-refractivity contribution in [3.05, 3.63) is 48.0 Å². The van der Waals surface area contributed by atoms with E-state index in [1.54, 1.807) is 4.90 Å². The van der Waals surface area contributed by atoms with Gasteiger partial charge in [-0.25, -0.2) is 4.79 Å². The van der Waals surface area contributed by atoms with E-state index in [1.165, 1.54) is 0 Å². The Morgan fingerprint density at radius 2 is 2.09 bits per heavy atom. The number of hydrogen-bond donors (Lipinski definition) is 0. The summed E-state index contributed by atoms with van der Waals surface area (Å²) in [5.74, 6) is 0. The quantitative estimate of drug-likeness (QED) is 0.615. The number of likely N-dealkylation sites (tertiary alicyclic amines) is 1. The summed E-state index contributed by atoms with van der Waals surface area (Å²) in [6.07, 6.45) is 7.68. The van der Waals surface area contributed by atoms with Crippen LogP contribution in [0.4, 0.5) is 4.79 Å². The number of piperidine rings is 1. The second-order valence-corrected chi connectivity index (χ2v) is 5.53. The van der Waals surface area contributed by atoms with Gasteiger partial charge in [0.1, 0.15) is 12.9 Å². The molecule has 1 fully saturated rings. The summed E-state index contributed by atoms with van der Waals surface area (Å²) in [6, 6.07) is 9.58. The highest BCUT2D eigenvalue weighted by Crippen LogP contribution is 2.26. The molecule has 4 heteroatoms. The first-order valence-corrected chi connectivity index (χ1v) is 7.81. The fourth-order valence-electron chi connectivity index (χ4n) is 2.94. The number of carbonyl (C=O) groups is 2. The minimum absolute atomic E-state index is 0.0203. The number of nitrogens with zero attached hydrogens (tertiary/aromatic N) is 1. The second-order valence-electron chi connectivity index (χ2n) is 5.53. The Morgan fingerprint density at radius 3 is 2.77 bits per heavy atom. The van der Waals surface area contributed by atoms with Crippen molar-refractivity contribution in [2.45, 2.75) is 51.3 Å². The standard InChI is InChI=1S/C18H23NO3/c1-2-7-16-10-6-11-17(12-13-20)19(16)18(21)22-14-15-8-4-3-5-9-15/h2-5,7-9,13,16-17H,6,10-12,14H2,1H3/b7-2+/t16-,17-/m1/s1. The van der Waals surface area contributed by atoms with Crippen molar-refractivity contribution in [2.75, 3.05) is 0 Å². The molecule has 2 atom stereocenters. The first-order chi connectivity index (χ1) is 10.8. The van der Waals surface area contributed by atoms with Crippen molar-refractivity contribution in [1.82, 2.24) is 4.90 Å². The molecule has 0 aromatic heterocycles. The molecule has 1 heterocycles. The van der Waals surface area contributed by atoms with Crippen LogP contribution in [-0.2, 0) is 16.1 Å². The number of ether oxygens (including phenoxy) is 1. The zero-order valence-corrected chi connectivity index (χ0v) is 13.0. The van der Waals surface area contributed by atoms with Crippen LogP contribution >= 0.6 is 0 Å². The molecule has 4 nitrogen and oxygen atoms in total. The zero-order chi connectivity index (χ0) is 15.8. The maximum absolute atomic E-state index is 12.5. The summed E-state index contributed by atoms with van der Waals surface area (Å²) in [5, 5.41) is 0. The topological polar surface area (TPSA) is 46.6 Å². The minimum Gasteiger partial charge on any atom is -0.445 e. The molecule has 0 bridgehead atoms. The average Bonchev–Trinajstić information content (AvgIpc) is 2.54. The van der Waals surface area contributed by atoms with Crippen LogP contribution in [0.3, 0.4) is 0 Å². The number of benzene rings is 1. The van der Waals surface area contributed by atoms with E-state index in [1.807, 2.05) is 49.4 Å². The molecular formula is C18H23NO3. The highest BCUT2D eigenvalue weighted by atomic mass is 16.6. The lowest BCUT2D eigenvalue weighted by Gasteiger charge is -2.39. The van der Waals surface area contributed by atoms with E-state index in [0.29, 0.717) is 6.42 Å². The van der Waals surface area contributed by atoms with Gasteiger partial charge in [-0.05, 0) is 31.7 Å². The van der Waals surface area contributed by atoms with E-state index in [2.05, 4.69) is 0 Å². The third-order valence-electron chi connectivity index (χ3n) is 3.99. The van der Waals surface area contributed by atoms with E-state index in [0.717, 1.165) is 31.1 Å². The number of aldehydes is 1. The molecule has 1 saturated heterocycles. The Labute approximate surface area is 131 Å². The van der Waals surface area contributed by atoms with Gasteiger partial charge in [0, 0.05) is 12.5 Å². The second kappa shape index (κ2) is 8.37. The van der Waals surface area contributed by atoms with Crippen LogP contribution in [0.1, 0.15) is 38.2 Å². The molecule has 0 radical (unpaired) electrons. The molecule has 0 N–H and O–H groups in total. The fraction of sp³-hybridized carbons (Fsp3) is 0.444. The van der Waals surface area contributed by atoms with Crippen LogP contribution in [0.2, 0.25) is 0 Å². The predicted molar refractivity (Wildman–Crippen MR) is 85.4 cm³/mol. The number of rotatable bonds is 5. The lowest BCUT2D eigenvalue weighted by Crippen LogP contribution is -2.49. The number of amides is 1. The number of carbonyl (C=O) groups excluding carboxylic acids is 2. The average molecular weight is 301 g/mol. The van der Waals surface area contributed by atoms with Crippen LogP contribution in [0.25, 0.3) is 0 Å². The maximum Gasteiger partial charge on any atom is 0.410 e. The van der Waals surface area contributed by atoms with Gasteiger partial charge in [-0.3, -0.25) is 4.90 Å². The van der Waals surface area contributed by atoms with Crippen molar-refractivity contribution >= 4 is 12.4 Å². The smallest absolute Gasteiger partial charge is 0.410 e. The van der Waals surface area contributed by atoms with Crippen LogP contribution < -0.4 is 0 Å². The van der Waals surface area contributed by atoms with Crippen LogP contribution in [-0.4, -0.2) is 29.4 Å². The molecule has 1 aromatic rings. The monoisotopic (exact) mass is 301 g/mol. The molecule has 118 valence electrons. The third-order valence-corrected chi connectivity index (χ3v) is 3.99. The molecule has 0 aliphatic carbocycles. The van der Waals surface area contributed by atoms with E-state index in [-0.39, 0.29) is 24.8 Å². The summed E-state index contributed by atoms with van der Waals surface area (Å²) in [7, 11) is 0. The molecule has 0 spiro atoms. The highest BCUT2D eigenvalue weighted by molar-refractivity contribution is 5.70. The molecular weight excluding hydrogens is 278 g/mol. The van der Waals surface area contributed by atoms with Gasteiger partial charge >= 0.3 is 6.09 Å². The number of allylic oxidation sites excluding steroid dienone is 1. The molecule has 1 aliphatic rings. The van der Waals surface area contributed by atoms with Crippen LogP contribution in [0, 0.1) is 0 Å². The highest BCUT2D eigenvalue weighted by Gasteiger charge is 2.33. The summed E-state index contributed by atoms with van der Waals surface area (Å²) in [4.78, 5) is 25.1. The largest absolute Gasteiger partial charge is 0.445 e. The normalized spacial score (nSPS) is 21.8. The maximum atomic E-state index is 12.5. The Kier molecular flexibility index (Phi) is 6.19. The van der Waals surface area contributed by atoms with Crippen molar-refractivity contribution < 1.29 is 14.3 Å². The Hall–Kier alpha value is -2.10. The van der Waals surface area contributed by atoms with Gasteiger partial charge in [0.05, 0.1) is 6.04 Å². The number of hydrogen-bond acceptors (Lipinski definition) is 3. The zero-order valence-electron chi connectivity index (χ0n) is 13.0. The van der Waals surface area contributed by atoms with E-state index in [4.69, 9.17) is 4.74 Å². The van der Waals surface area contributed by atoms with Gasteiger partial charge < -0.3 is 9.53 Å². The minimum atomic E-state index is -0.335. The summed E-state index contributed by atoms with van der Waals surface area (Å²) < 4.78 is 5.46. The van der Waals surface area contributed by atoms with Gasteiger partial charge in [0.25, 0.3) is 0 Å². The molecule has 2 rings (SSSR count). The van der Waals surface area contributed by atoms with Crippen molar-refractivity contribution in [3.8, 4) is 0 Å². The van der Waals surface area contributed by atoms with Crippen molar-refractivity contribution in [3.63, 3.8) is 0 Å². The summed E-state index contributed by atoms with van der Waals surface area (Å²) in [5.41, 5.74) is 0.961. The molecule has 1 aromatic carbocycles. The van der Waals surface area contributed by atoms with Gasteiger partial charge in [0.15, 0.2) is 0 Å². The lowest BCUT2D eigenvalue weighted by molar-refractivity contribution is -0.109. The van der Waals surface area contributed by atoms with Crippen molar-refractivity contribution in [1.29, 1.82) is 0 Å². The first-order valence-electron chi connectivity index (χ1n) is 7.81. The Morgan fingerprint density at radius 1 is 1.32 bits per heavy atom.